The second-order valence-corrected chi connectivity index (χ2v) is 6.89. The van der Waals surface area contributed by atoms with Gasteiger partial charge < -0.3 is 19.7 Å². The molecule has 1 aromatic rings. The van der Waals surface area contributed by atoms with E-state index in [1.807, 2.05) is 31.2 Å². The average Bonchev–Trinajstić information content (AvgIpc) is 2.59. The molecule has 142 valence electrons. The molecule has 1 amide bonds. The highest BCUT2D eigenvalue weighted by Gasteiger charge is 2.33. The van der Waals surface area contributed by atoms with Crippen LogP contribution in [0.25, 0.3) is 0 Å². The number of rotatable bonds is 11. The summed E-state index contributed by atoms with van der Waals surface area (Å²) in [6.07, 6.45) is 0.669. The molecule has 1 atom stereocenters. The lowest BCUT2D eigenvalue weighted by atomic mass is 9.93. The number of hydrogen-bond donors (Lipinski definition) is 1. The van der Waals surface area contributed by atoms with Crippen LogP contribution >= 0.6 is 0 Å². The molecule has 0 aliphatic rings. The van der Waals surface area contributed by atoms with E-state index in [1.165, 1.54) is 0 Å². The van der Waals surface area contributed by atoms with E-state index in [1.54, 1.807) is 7.11 Å². The number of anilines is 1. The summed E-state index contributed by atoms with van der Waals surface area (Å²) in [6, 6.07) is 7.47. The Labute approximate surface area is 152 Å². The Bertz CT molecular complexity index is 512. The van der Waals surface area contributed by atoms with Gasteiger partial charge >= 0.3 is 0 Å². The predicted octanol–water partition coefficient (Wildman–Crippen LogP) is 3.80. The molecule has 1 N–H and O–H groups in total. The van der Waals surface area contributed by atoms with Gasteiger partial charge in [-0.15, -0.1) is 0 Å². The summed E-state index contributed by atoms with van der Waals surface area (Å²) in [7, 11) is 1.58. The van der Waals surface area contributed by atoms with Crippen LogP contribution in [-0.2, 0) is 9.53 Å². The number of nitrogens with one attached hydrogen (secondary N) is 1. The summed E-state index contributed by atoms with van der Waals surface area (Å²) < 4.78 is 11.2. The summed E-state index contributed by atoms with van der Waals surface area (Å²) in [4.78, 5) is 14.8. The zero-order chi connectivity index (χ0) is 18.9. The van der Waals surface area contributed by atoms with Crippen molar-refractivity contribution in [3.05, 3.63) is 24.3 Å². The van der Waals surface area contributed by atoms with Crippen molar-refractivity contribution in [2.24, 2.45) is 5.92 Å². The van der Waals surface area contributed by atoms with Crippen LogP contribution in [-0.4, -0.2) is 49.8 Å². The summed E-state index contributed by atoms with van der Waals surface area (Å²) >= 11 is 0. The standard InChI is InChI=1S/C20H34N2O3/c1-7-22(8-2)13-14-25-18-11-9-17(10-12-18)21-19(23)20(5,24-6)15-16(3)4/h9-12,16H,7-8,13-15H2,1-6H3,(H,21,23). The highest BCUT2D eigenvalue weighted by atomic mass is 16.5. The van der Waals surface area contributed by atoms with Crippen molar-refractivity contribution in [1.29, 1.82) is 0 Å². The van der Waals surface area contributed by atoms with Gasteiger partial charge in [-0.2, -0.15) is 0 Å². The third-order valence-electron chi connectivity index (χ3n) is 4.41. The third-order valence-corrected chi connectivity index (χ3v) is 4.41. The van der Waals surface area contributed by atoms with Crippen molar-refractivity contribution in [3.63, 3.8) is 0 Å². The first-order valence-corrected chi connectivity index (χ1v) is 9.16. The van der Waals surface area contributed by atoms with Crippen LogP contribution in [0.4, 0.5) is 5.69 Å². The first-order valence-electron chi connectivity index (χ1n) is 9.16. The summed E-state index contributed by atoms with van der Waals surface area (Å²) in [5.74, 6) is 1.05. The van der Waals surface area contributed by atoms with Gasteiger partial charge in [-0.25, -0.2) is 0 Å². The van der Waals surface area contributed by atoms with E-state index >= 15 is 0 Å². The van der Waals surface area contributed by atoms with Gasteiger partial charge in [0.2, 0.25) is 0 Å². The third kappa shape index (κ3) is 7.04. The van der Waals surface area contributed by atoms with Crippen molar-refractivity contribution in [2.45, 2.75) is 46.6 Å². The molecule has 0 aliphatic heterocycles. The molecule has 0 heterocycles. The first kappa shape index (κ1) is 21.5. The van der Waals surface area contributed by atoms with E-state index in [0.717, 1.165) is 31.1 Å². The highest BCUT2D eigenvalue weighted by molar-refractivity contribution is 5.97. The molecule has 0 saturated carbocycles. The Morgan fingerprint density at radius 1 is 1.20 bits per heavy atom. The lowest BCUT2D eigenvalue weighted by molar-refractivity contribution is -0.137. The molecule has 0 saturated heterocycles. The number of nitrogens with zero attached hydrogens (tertiary/aromatic N) is 1. The fraction of sp³-hybridized carbons (Fsp3) is 0.650. The molecule has 1 aromatic carbocycles. The number of ether oxygens (including phenoxy) is 2. The maximum atomic E-state index is 12.5. The molecule has 0 radical (unpaired) electrons. The number of methoxy groups -OCH3 is 1. The molecule has 0 bridgehead atoms. The number of likely N-dealkylation sites (N-methyl/N-ethyl adjacent to an activating group) is 1. The van der Waals surface area contributed by atoms with Gasteiger partial charge in [0.1, 0.15) is 18.0 Å². The topological polar surface area (TPSA) is 50.8 Å². The van der Waals surface area contributed by atoms with Crippen LogP contribution in [0.15, 0.2) is 24.3 Å². The van der Waals surface area contributed by atoms with Crippen LogP contribution in [0.1, 0.15) is 41.0 Å². The van der Waals surface area contributed by atoms with Crippen molar-refractivity contribution in [3.8, 4) is 5.75 Å². The largest absolute Gasteiger partial charge is 0.492 e. The molecule has 0 spiro atoms. The maximum absolute atomic E-state index is 12.5. The van der Waals surface area contributed by atoms with Gasteiger partial charge in [0, 0.05) is 19.3 Å². The van der Waals surface area contributed by atoms with Gasteiger partial charge in [-0.05, 0) is 56.6 Å². The van der Waals surface area contributed by atoms with Crippen molar-refractivity contribution >= 4 is 11.6 Å². The first-order chi connectivity index (χ1) is 11.8. The Morgan fingerprint density at radius 2 is 1.80 bits per heavy atom. The van der Waals surface area contributed by atoms with Crippen LogP contribution in [0.2, 0.25) is 0 Å². The molecular formula is C20H34N2O3. The zero-order valence-electron chi connectivity index (χ0n) is 16.6. The highest BCUT2D eigenvalue weighted by Crippen LogP contribution is 2.23. The molecule has 0 fully saturated rings. The van der Waals surface area contributed by atoms with E-state index in [0.29, 0.717) is 18.9 Å². The van der Waals surface area contributed by atoms with Gasteiger partial charge in [-0.3, -0.25) is 4.79 Å². The van der Waals surface area contributed by atoms with E-state index in [9.17, 15) is 4.79 Å². The van der Waals surface area contributed by atoms with Crippen LogP contribution in [0, 0.1) is 5.92 Å². The lowest BCUT2D eigenvalue weighted by Crippen LogP contribution is -2.43. The predicted molar refractivity (Wildman–Crippen MR) is 103 cm³/mol. The van der Waals surface area contributed by atoms with Gasteiger partial charge in [0.05, 0.1) is 0 Å². The fourth-order valence-corrected chi connectivity index (χ4v) is 2.78. The minimum Gasteiger partial charge on any atom is -0.492 e. The molecule has 1 unspecified atom stereocenters. The number of amides is 1. The summed E-state index contributed by atoms with van der Waals surface area (Å²) in [6.45, 7) is 13.9. The van der Waals surface area contributed by atoms with E-state index < -0.39 is 5.60 Å². The Hall–Kier alpha value is -1.59. The molecule has 0 aromatic heterocycles. The lowest BCUT2D eigenvalue weighted by Gasteiger charge is -2.28. The van der Waals surface area contributed by atoms with Crippen molar-refractivity contribution in [1.82, 2.24) is 4.90 Å². The SMILES string of the molecule is CCN(CC)CCOc1ccc(NC(=O)C(C)(CC(C)C)OC)cc1. The number of benzene rings is 1. The molecule has 1 rings (SSSR count). The maximum Gasteiger partial charge on any atom is 0.256 e. The van der Waals surface area contributed by atoms with Crippen molar-refractivity contribution in [2.75, 3.05) is 38.7 Å². The Kier molecular flexibility index (Phi) is 8.93. The zero-order valence-corrected chi connectivity index (χ0v) is 16.6. The van der Waals surface area contributed by atoms with E-state index in [4.69, 9.17) is 9.47 Å². The number of carbonyl (C=O) groups is 1. The molecular weight excluding hydrogens is 316 g/mol. The second-order valence-electron chi connectivity index (χ2n) is 6.89. The van der Waals surface area contributed by atoms with Crippen LogP contribution in [0.3, 0.4) is 0 Å². The fourth-order valence-electron chi connectivity index (χ4n) is 2.78. The van der Waals surface area contributed by atoms with Crippen LogP contribution in [0.5, 0.6) is 5.75 Å². The van der Waals surface area contributed by atoms with Gasteiger partial charge in [0.25, 0.3) is 5.91 Å². The van der Waals surface area contributed by atoms with Crippen molar-refractivity contribution < 1.29 is 14.3 Å². The van der Waals surface area contributed by atoms with Gasteiger partial charge in [-0.1, -0.05) is 27.7 Å². The summed E-state index contributed by atoms with van der Waals surface area (Å²) in [5.41, 5.74) is -0.0827. The quantitative estimate of drug-likeness (QED) is 0.659. The van der Waals surface area contributed by atoms with E-state index in [-0.39, 0.29) is 5.91 Å². The number of carbonyl (C=O) groups excluding carboxylic acids is 1. The smallest absolute Gasteiger partial charge is 0.256 e. The van der Waals surface area contributed by atoms with Crippen LogP contribution < -0.4 is 10.1 Å². The molecule has 25 heavy (non-hydrogen) atoms. The molecule has 5 heteroatoms. The van der Waals surface area contributed by atoms with E-state index in [2.05, 4.69) is 37.9 Å². The monoisotopic (exact) mass is 350 g/mol. The minimum absolute atomic E-state index is 0.126. The Balaban J connectivity index is 2.57. The second kappa shape index (κ2) is 10.4. The normalized spacial score (nSPS) is 13.8. The average molecular weight is 351 g/mol. The Morgan fingerprint density at radius 3 is 2.28 bits per heavy atom. The molecule has 5 nitrogen and oxygen atoms in total. The minimum atomic E-state index is -0.826. The van der Waals surface area contributed by atoms with Gasteiger partial charge in [0.15, 0.2) is 0 Å². The summed E-state index contributed by atoms with van der Waals surface area (Å²) in [5, 5.41) is 2.93. The number of hydrogen-bond acceptors (Lipinski definition) is 4. The molecule has 0 aliphatic carbocycles.